The van der Waals surface area contributed by atoms with Crippen molar-refractivity contribution in [2.75, 3.05) is 11.9 Å². The van der Waals surface area contributed by atoms with Gasteiger partial charge in [-0.1, -0.05) is 36.5 Å². The number of hydrogen-bond acceptors (Lipinski definition) is 6. The van der Waals surface area contributed by atoms with E-state index in [1.807, 2.05) is 31.2 Å². The fourth-order valence-electron chi connectivity index (χ4n) is 1.76. The molecule has 0 atom stereocenters. The Kier molecular flexibility index (Phi) is 5.83. The summed E-state index contributed by atoms with van der Waals surface area (Å²) in [5.74, 6) is 0.121. The van der Waals surface area contributed by atoms with Crippen molar-refractivity contribution < 1.29 is 9.53 Å². The quantitative estimate of drug-likeness (QED) is 0.650. The number of nitrogens with one attached hydrogen (secondary N) is 1. The molecule has 1 N–H and O–H groups in total. The van der Waals surface area contributed by atoms with Crippen molar-refractivity contribution in [2.24, 2.45) is 0 Å². The second-order valence-electron chi connectivity index (χ2n) is 4.64. The Hall–Kier alpha value is -2.72. The lowest BCUT2D eigenvalue weighted by molar-refractivity contribution is -0.112. The number of ether oxygens (including phenoxy) is 1. The maximum atomic E-state index is 12.2. The van der Waals surface area contributed by atoms with Gasteiger partial charge in [-0.3, -0.25) is 10.1 Å². The van der Waals surface area contributed by atoms with E-state index in [9.17, 15) is 10.1 Å². The summed E-state index contributed by atoms with van der Waals surface area (Å²) in [5.41, 5.74) is 0.659. The Balaban J connectivity index is 2.21. The van der Waals surface area contributed by atoms with Gasteiger partial charge < -0.3 is 4.74 Å². The third kappa shape index (κ3) is 4.63. The summed E-state index contributed by atoms with van der Waals surface area (Å²) < 4.78 is 5.63. The van der Waals surface area contributed by atoms with Crippen LogP contribution in [-0.4, -0.2) is 22.7 Å². The van der Waals surface area contributed by atoms with Crippen molar-refractivity contribution in [1.82, 2.24) is 10.2 Å². The smallest absolute Gasteiger partial charge is 0.268 e. The first-order chi connectivity index (χ1) is 11.1. The minimum absolute atomic E-state index is 0.0228. The summed E-state index contributed by atoms with van der Waals surface area (Å²) in [4.78, 5) is 12.2. The van der Waals surface area contributed by atoms with E-state index >= 15 is 0 Å². The van der Waals surface area contributed by atoms with Crippen molar-refractivity contribution in [3.8, 4) is 11.8 Å². The number of para-hydroxylation sites is 1. The molecule has 0 saturated heterocycles. The molecule has 2 aromatic rings. The molecule has 0 aliphatic carbocycles. The van der Waals surface area contributed by atoms with Crippen LogP contribution in [-0.2, 0) is 4.79 Å². The molecule has 118 valence electrons. The number of hydrogen-bond donors (Lipinski definition) is 1. The molecule has 0 aliphatic rings. The van der Waals surface area contributed by atoms with Gasteiger partial charge in [-0.2, -0.15) is 5.26 Å². The third-order valence-electron chi connectivity index (χ3n) is 2.79. The van der Waals surface area contributed by atoms with Crippen LogP contribution in [0.4, 0.5) is 5.13 Å². The number of nitriles is 1. The van der Waals surface area contributed by atoms with Crippen LogP contribution in [0.5, 0.6) is 5.75 Å². The molecule has 0 bridgehead atoms. The molecule has 0 aliphatic heterocycles. The molecule has 23 heavy (non-hydrogen) atoms. The molecule has 1 amide bonds. The van der Waals surface area contributed by atoms with E-state index in [0.29, 0.717) is 23.1 Å². The van der Waals surface area contributed by atoms with Crippen LogP contribution in [0, 0.1) is 18.3 Å². The van der Waals surface area contributed by atoms with Gasteiger partial charge >= 0.3 is 0 Å². The normalized spacial score (nSPS) is 10.9. The minimum atomic E-state index is -0.519. The summed E-state index contributed by atoms with van der Waals surface area (Å²) in [6, 6.07) is 9.19. The van der Waals surface area contributed by atoms with Gasteiger partial charge in [0.15, 0.2) is 0 Å². The van der Waals surface area contributed by atoms with E-state index in [1.54, 1.807) is 13.0 Å². The van der Waals surface area contributed by atoms with E-state index < -0.39 is 5.91 Å². The number of nitrogens with zero attached hydrogens (tertiary/aromatic N) is 3. The molecule has 0 fully saturated rings. The molecular formula is C16H16N4O2S. The van der Waals surface area contributed by atoms with Crippen molar-refractivity contribution >= 4 is 28.5 Å². The molecular weight excluding hydrogens is 312 g/mol. The van der Waals surface area contributed by atoms with E-state index in [1.165, 1.54) is 17.4 Å². The first-order valence-corrected chi connectivity index (χ1v) is 7.90. The summed E-state index contributed by atoms with van der Waals surface area (Å²) in [7, 11) is 0. The molecule has 0 radical (unpaired) electrons. The van der Waals surface area contributed by atoms with Gasteiger partial charge in [0, 0.05) is 5.56 Å². The van der Waals surface area contributed by atoms with Crippen LogP contribution in [0.2, 0.25) is 0 Å². The Morgan fingerprint density at radius 2 is 2.22 bits per heavy atom. The van der Waals surface area contributed by atoms with E-state index in [4.69, 9.17) is 4.74 Å². The highest BCUT2D eigenvalue weighted by molar-refractivity contribution is 7.15. The molecule has 1 heterocycles. The maximum absolute atomic E-state index is 12.2. The number of aromatic nitrogens is 2. The number of amides is 1. The number of anilines is 1. The molecule has 2 rings (SSSR count). The highest BCUT2D eigenvalue weighted by atomic mass is 32.1. The fourth-order valence-corrected chi connectivity index (χ4v) is 2.35. The number of aryl methyl sites for hydroxylation is 1. The van der Waals surface area contributed by atoms with Crippen molar-refractivity contribution in [3.05, 3.63) is 40.4 Å². The average Bonchev–Trinajstić information content (AvgIpc) is 2.96. The van der Waals surface area contributed by atoms with Crippen LogP contribution < -0.4 is 10.1 Å². The van der Waals surface area contributed by atoms with Gasteiger partial charge in [-0.05, 0) is 25.5 Å². The van der Waals surface area contributed by atoms with Crippen LogP contribution in [0.1, 0.15) is 23.9 Å². The van der Waals surface area contributed by atoms with Gasteiger partial charge in [-0.25, -0.2) is 0 Å². The summed E-state index contributed by atoms with van der Waals surface area (Å²) in [6.07, 6.45) is 2.38. The Bertz CT molecular complexity index is 761. The fraction of sp³-hybridized carbons (Fsp3) is 0.250. The topological polar surface area (TPSA) is 87.9 Å². The molecule has 0 unspecified atom stereocenters. The van der Waals surface area contributed by atoms with Gasteiger partial charge in [0.05, 0.1) is 6.61 Å². The average molecular weight is 328 g/mol. The van der Waals surface area contributed by atoms with Crippen LogP contribution >= 0.6 is 11.3 Å². The molecule has 6 nitrogen and oxygen atoms in total. The zero-order valence-corrected chi connectivity index (χ0v) is 13.7. The second-order valence-corrected chi connectivity index (χ2v) is 5.82. The lowest BCUT2D eigenvalue weighted by atomic mass is 10.1. The molecule has 1 aromatic carbocycles. The predicted octanol–water partition coefficient (Wildman–Crippen LogP) is 3.18. The SMILES string of the molecule is CCCOc1ccccc1/C=C(\C#N)C(=O)Nc1nnc(C)s1. The van der Waals surface area contributed by atoms with E-state index in [2.05, 4.69) is 15.5 Å². The van der Waals surface area contributed by atoms with Gasteiger partial charge in [0.25, 0.3) is 5.91 Å². The summed E-state index contributed by atoms with van der Waals surface area (Å²) >= 11 is 1.25. The first kappa shape index (κ1) is 16.6. The van der Waals surface area contributed by atoms with Gasteiger partial charge in [-0.15, -0.1) is 10.2 Å². The zero-order chi connectivity index (χ0) is 16.7. The Morgan fingerprint density at radius 1 is 1.43 bits per heavy atom. The van der Waals surface area contributed by atoms with Crippen molar-refractivity contribution in [3.63, 3.8) is 0 Å². The summed E-state index contributed by atoms with van der Waals surface area (Å²) in [6.45, 7) is 4.37. The van der Waals surface area contributed by atoms with Crippen molar-refractivity contribution in [2.45, 2.75) is 20.3 Å². The monoisotopic (exact) mass is 328 g/mol. The number of carbonyl (C=O) groups is 1. The number of rotatable bonds is 6. The van der Waals surface area contributed by atoms with Gasteiger partial charge in [0.1, 0.15) is 22.4 Å². The predicted molar refractivity (Wildman–Crippen MR) is 89.1 cm³/mol. The number of carbonyl (C=O) groups excluding carboxylic acids is 1. The zero-order valence-electron chi connectivity index (χ0n) is 12.9. The molecule has 0 spiro atoms. The third-order valence-corrected chi connectivity index (χ3v) is 3.55. The highest BCUT2D eigenvalue weighted by Crippen LogP contribution is 2.22. The van der Waals surface area contributed by atoms with Crippen molar-refractivity contribution in [1.29, 1.82) is 5.26 Å². The number of benzene rings is 1. The summed E-state index contributed by atoms with van der Waals surface area (Å²) in [5, 5.41) is 20.6. The van der Waals surface area contributed by atoms with Crippen LogP contribution in [0.25, 0.3) is 6.08 Å². The van der Waals surface area contributed by atoms with E-state index in [0.717, 1.165) is 11.4 Å². The maximum Gasteiger partial charge on any atom is 0.268 e. The minimum Gasteiger partial charge on any atom is -0.493 e. The van der Waals surface area contributed by atoms with Gasteiger partial charge in [0.2, 0.25) is 5.13 Å². The van der Waals surface area contributed by atoms with E-state index in [-0.39, 0.29) is 5.57 Å². The standard InChI is InChI=1S/C16H16N4O2S/c1-3-8-22-14-7-5-4-6-12(14)9-13(10-17)15(21)18-16-20-19-11(2)23-16/h4-7,9H,3,8H2,1-2H3,(H,18,20,21)/b13-9+. The van der Waals surface area contributed by atoms with Crippen LogP contribution in [0.15, 0.2) is 29.8 Å². The van der Waals surface area contributed by atoms with Crippen LogP contribution in [0.3, 0.4) is 0 Å². The molecule has 0 saturated carbocycles. The largest absolute Gasteiger partial charge is 0.493 e. The Labute approximate surface area is 138 Å². The lowest BCUT2D eigenvalue weighted by Gasteiger charge is -2.08. The first-order valence-electron chi connectivity index (χ1n) is 7.09. The highest BCUT2D eigenvalue weighted by Gasteiger charge is 2.13. The molecule has 7 heteroatoms. The lowest BCUT2D eigenvalue weighted by Crippen LogP contribution is -2.13. The Morgan fingerprint density at radius 3 is 2.87 bits per heavy atom. The second kappa shape index (κ2) is 8.06. The molecule has 1 aromatic heterocycles.